The summed E-state index contributed by atoms with van der Waals surface area (Å²) in [5.41, 5.74) is 1.41. The van der Waals surface area contributed by atoms with Crippen LogP contribution < -0.4 is 5.32 Å². The predicted octanol–water partition coefficient (Wildman–Crippen LogP) is 3.72. The van der Waals surface area contributed by atoms with Gasteiger partial charge in [-0.1, -0.05) is 24.3 Å². The molecule has 7 nitrogen and oxygen atoms in total. The maximum absolute atomic E-state index is 13.5. The Balaban J connectivity index is 1.98. The standard InChI is InChI=1S/C23H23N3O4/c1-4-30-23(29)24-17-10-6-8-15-13-14-7-5-9-16-18(14)20(19(15)17)22(28)26(21(16)27)12-11-25(2)3/h5-10,13H,4,11-12H2,1-3H3,(H,24,29). The van der Waals surface area contributed by atoms with Gasteiger partial charge in [0.15, 0.2) is 0 Å². The number of nitrogens with one attached hydrogen (secondary N) is 1. The number of hydrogen-bond acceptors (Lipinski definition) is 5. The van der Waals surface area contributed by atoms with Crippen molar-refractivity contribution in [2.75, 3.05) is 39.1 Å². The maximum Gasteiger partial charge on any atom is 0.411 e. The highest BCUT2D eigenvalue weighted by Crippen LogP contribution is 2.38. The number of nitrogens with zero attached hydrogens (tertiary/aromatic N) is 2. The maximum atomic E-state index is 13.5. The summed E-state index contributed by atoms with van der Waals surface area (Å²) in [7, 11) is 3.79. The summed E-state index contributed by atoms with van der Waals surface area (Å²) in [5, 5.41) is 5.60. The van der Waals surface area contributed by atoms with Crippen molar-refractivity contribution in [1.82, 2.24) is 9.80 Å². The molecule has 0 saturated carbocycles. The zero-order chi connectivity index (χ0) is 21.4. The largest absolute Gasteiger partial charge is 0.450 e. The molecule has 0 aromatic heterocycles. The highest BCUT2D eigenvalue weighted by molar-refractivity contribution is 6.32. The molecule has 0 radical (unpaired) electrons. The number of amides is 3. The van der Waals surface area contributed by atoms with Gasteiger partial charge in [0.05, 0.1) is 17.9 Å². The van der Waals surface area contributed by atoms with E-state index in [2.05, 4.69) is 5.32 Å². The van der Waals surface area contributed by atoms with E-state index >= 15 is 0 Å². The summed E-state index contributed by atoms with van der Waals surface area (Å²) in [4.78, 5) is 42.0. The van der Waals surface area contributed by atoms with Crippen LogP contribution in [0.1, 0.15) is 27.6 Å². The van der Waals surface area contributed by atoms with Crippen molar-refractivity contribution in [3.05, 3.63) is 53.6 Å². The molecule has 0 spiro atoms. The SMILES string of the molecule is CCOC(=O)Nc1cccc2cc3cccc4c3c(c12)C(=O)N(CCN(C)C)C4=O. The van der Waals surface area contributed by atoms with Crippen LogP contribution in [0, 0.1) is 0 Å². The average Bonchev–Trinajstić information content (AvgIpc) is 2.70. The molecule has 3 amide bonds. The number of rotatable bonds is 5. The second-order valence-electron chi connectivity index (χ2n) is 7.47. The van der Waals surface area contributed by atoms with Crippen LogP contribution >= 0.6 is 0 Å². The molecule has 0 fully saturated rings. The summed E-state index contributed by atoms with van der Waals surface area (Å²) < 4.78 is 5.02. The van der Waals surface area contributed by atoms with Gasteiger partial charge in [0.1, 0.15) is 0 Å². The van der Waals surface area contributed by atoms with Gasteiger partial charge < -0.3 is 9.64 Å². The normalized spacial score (nSPS) is 13.4. The fourth-order valence-electron chi connectivity index (χ4n) is 3.88. The van der Waals surface area contributed by atoms with Gasteiger partial charge in [-0.3, -0.25) is 19.8 Å². The number of imide groups is 1. The number of carbonyl (C=O) groups is 3. The fourth-order valence-corrected chi connectivity index (χ4v) is 3.88. The van der Waals surface area contributed by atoms with Crippen LogP contribution in [0.5, 0.6) is 0 Å². The van der Waals surface area contributed by atoms with Crippen molar-refractivity contribution in [2.24, 2.45) is 0 Å². The monoisotopic (exact) mass is 405 g/mol. The third-order valence-corrected chi connectivity index (χ3v) is 5.22. The topological polar surface area (TPSA) is 79.0 Å². The van der Waals surface area contributed by atoms with Gasteiger partial charge in [-0.15, -0.1) is 0 Å². The van der Waals surface area contributed by atoms with Crippen LogP contribution in [0.25, 0.3) is 21.5 Å². The molecular formula is C23H23N3O4. The van der Waals surface area contributed by atoms with E-state index in [0.717, 1.165) is 10.8 Å². The van der Waals surface area contributed by atoms with E-state index < -0.39 is 6.09 Å². The molecule has 0 unspecified atom stereocenters. The summed E-state index contributed by atoms with van der Waals surface area (Å²) in [6, 6.07) is 12.8. The summed E-state index contributed by atoms with van der Waals surface area (Å²) in [6.45, 7) is 2.80. The van der Waals surface area contributed by atoms with Crippen LogP contribution in [0.2, 0.25) is 0 Å². The zero-order valence-electron chi connectivity index (χ0n) is 17.2. The van der Waals surface area contributed by atoms with Crippen LogP contribution in [-0.2, 0) is 4.74 Å². The third-order valence-electron chi connectivity index (χ3n) is 5.22. The lowest BCUT2D eigenvalue weighted by Crippen LogP contribution is -2.43. The van der Waals surface area contributed by atoms with Gasteiger partial charge in [-0.05, 0) is 50.0 Å². The highest BCUT2D eigenvalue weighted by Gasteiger charge is 2.34. The molecule has 1 aliphatic rings. The highest BCUT2D eigenvalue weighted by atomic mass is 16.5. The van der Waals surface area contributed by atoms with Gasteiger partial charge in [0.25, 0.3) is 11.8 Å². The third kappa shape index (κ3) is 3.27. The van der Waals surface area contributed by atoms with Crippen LogP contribution in [0.15, 0.2) is 42.5 Å². The molecular weight excluding hydrogens is 382 g/mol. The molecule has 154 valence electrons. The van der Waals surface area contributed by atoms with Gasteiger partial charge in [0, 0.05) is 29.4 Å². The molecule has 4 rings (SSSR count). The minimum atomic E-state index is -0.589. The molecule has 3 aromatic rings. The Morgan fingerprint density at radius 1 is 1.03 bits per heavy atom. The van der Waals surface area contributed by atoms with E-state index in [-0.39, 0.29) is 25.0 Å². The molecule has 1 aliphatic heterocycles. The van der Waals surface area contributed by atoms with Crippen molar-refractivity contribution in [3.8, 4) is 0 Å². The minimum absolute atomic E-state index is 0.238. The second kappa shape index (κ2) is 7.76. The average molecular weight is 405 g/mol. The number of fused-ring (bicyclic) bond motifs is 2. The Morgan fingerprint density at radius 2 is 1.73 bits per heavy atom. The Kier molecular flexibility index (Phi) is 5.13. The first-order valence-electron chi connectivity index (χ1n) is 9.85. The number of benzene rings is 3. The molecule has 0 bridgehead atoms. The van der Waals surface area contributed by atoms with E-state index in [4.69, 9.17) is 4.74 Å². The van der Waals surface area contributed by atoms with Crippen molar-refractivity contribution in [3.63, 3.8) is 0 Å². The first kappa shape index (κ1) is 19.8. The van der Waals surface area contributed by atoms with Crippen molar-refractivity contribution >= 4 is 45.1 Å². The van der Waals surface area contributed by atoms with Crippen LogP contribution in [-0.4, -0.2) is 61.5 Å². The molecule has 30 heavy (non-hydrogen) atoms. The van der Waals surface area contributed by atoms with Crippen LogP contribution in [0.3, 0.4) is 0 Å². The molecule has 0 aliphatic carbocycles. The van der Waals surface area contributed by atoms with E-state index in [0.29, 0.717) is 34.1 Å². The van der Waals surface area contributed by atoms with Gasteiger partial charge in [-0.25, -0.2) is 4.79 Å². The summed E-state index contributed by atoms with van der Waals surface area (Å²) in [6.07, 6.45) is -0.589. The van der Waals surface area contributed by atoms with Gasteiger partial charge in [-0.2, -0.15) is 0 Å². The Hall–Kier alpha value is -3.45. The smallest absolute Gasteiger partial charge is 0.411 e. The lowest BCUT2D eigenvalue weighted by Gasteiger charge is -2.29. The van der Waals surface area contributed by atoms with E-state index in [1.54, 1.807) is 19.1 Å². The molecule has 0 atom stereocenters. The molecule has 3 aromatic carbocycles. The minimum Gasteiger partial charge on any atom is -0.450 e. The number of carbonyl (C=O) groups excluding carboxylic acids is 3. The first-order valence-corrected chi connectivity index (χ1v) is 9.85. The van der Waals surface area contributed by atoms with E-state index in [9.17, 15) is 14.4 Å². The van der Waals surface area contributed by atoms with E-state index in [1.807, 2.05) is 49.3 Å². The Labute approximate surface area is 174 Å². The Morgan fingerprint density at radius 3 is 2.43 bits per heavy atom. The number of hydrogen-bond donors (Lipinski definition) is 1. The molecule has 1 N–H and O–H groups in total. The summed E-state index contributed by atoms with van der Waals surface area (Å²) in [5.74, 6) is -0.649. The van der Waals surface area contributed by atoms with Crippen LogP contribution in [0.4, 0.5) is 10.5 Å². The molecule has 0 saturated heterocycles. The van der Waals surface area contributed by atoms with Crippen molar-refractivity contribution < 1.29 is 19.1 Å². The fraction of sp³-hybridized carbons (Fsp3) is 0.261. The van der Waals surface area contributed by atoms with Gasteiger partial charge >= 0.3 is 6.09 Å². The lowest BCUT2D eigenvalue weighted by molar-refractivity contribution is 0.0602. The number of ether oxygens (including phenoxy) is 1. The lowest BCUT2D eigenvalue weighted by atomic mass is 9.89. The second-order valence-corrected chi connectivity index (χ2v) is 7.47. The first-order chi connectivity index (χ1) is 14.4. The van der Waals surface area contributed by atoms with E-state index in [1.165, 1.54) is 4.90 Å². The molecule has 1 heterocycles. The predicted molar refractivity (Wildman–Crippen MR) is 116 cm³/mol. The number of anilines is 1. The summed E-state index contributed by atoms with van der Waals surface area (Å²) >= 11 is 0. The Bertz CT molecular complexity index is 1190. The number of likely N-dealkylation sites (N-methyl/N-ethyl adjacent to an activating group) is 1. The zero-order valence-corrected chi connectivity index (χ0v) is 17.2. The molecule has 7 heteroatoms. The quantitative estimate of drug-likeness (QED) is 0.517. The van der Waals surface area contributed by atoms with Crippen molar-refractivity contribution in [1.29, 1.82) is 0 Å². The van der Waals surface area contributed by atoms with Crippen molar-refractivity contribution in [2.45, 2.75) is 6.92 Å². The van der Waals surface area contributed by atoms with Gasteiger partial charge in [0.2, 0.25) is 0 Å².